The fourth-order valence-electron chi connectivity index (χ4n) is 2.45. The molecule has 1 atom stereocenters. The van der Waals surface area contributed by atoms with E-state index < -0.39 is 9.05 Å². The van der Waals surface area contributed by atoms with Crippen molar-refractivity contribution in [2.45, 2.75) is 24.8 Å². The minimum absolute atomic E-state index is 0.0594. The SMILES string of the molecule is COCCn1cc(S(=O)(=O)Cl)cc1C(=O)N1CCC(C)C1. The first-order chi connectivity index (χ1) is 9.82. The molecule has 0 spiro atoms. The molecule has 1 unspecified atom stereocenters. The second-order valence-electron chi connectivity index (χ2n) is 5.33. The Morgan fingerprint density at radius 2 is 2.24 bits per heavy atom. The number of halogens is 1. The van der Waals surface area contributed by atoms with Crippen molar-refractivity contribution in [1.29, 1.82) is 0 Å². The van der Waals surface area contributed by atoms with E-state index in [1.54, 1.807) is 16.6 Å². The average Bonchev–Trinajstić information content (AvgIpc) is 3.01. The molecule has 1 amide bonds. The van der Waals surface area contributed by atoms with E-state index in [0.717, 1.165) is 6.42 Å². The van der Waals surface area contributed by atoms with Crippen LogP contribution in [0.3, 0.4) is 0 Å². The smallest absolute Gasteiger partial charge is 0.270 e. The third kappa shape index (κ3) is 3.78. The minimum Gasteiger partial charge on any atom is -0.383 e. The Bertz CT molecular complexity index is 626. The van der Waals surface area contributed by atoms with Crippen LogP contribution in [0.1, 0.15) is 23.8 Å². The summed E-state index contributed by atoms with van der Waals surface area (Å²) in [6.07, 6.45) is 2.35. The number of methoxy groups -OCH3 is 1. The zero-order valence-electron chi connectivity index (χ0n) is 12.1. The van der Waals surface area contributed by atoms with E-state index in [1.807, 2.05) is 0 Å². The van der Waals surface area contributed by atoms with Crippen molar-refractivity contribution in [1.82, 2.24) is 9.47 Å². The van der Waals surface area contributed by atoms with Gasteiger partial charge in [0.2, 0.25) is 0 Å². The Morgan fingerprint density at radius 1 is 1.52 bits per heavy atom. The van der Waals surface area contributed by atoms with Gasteiger partial charge in [-0.15, -0.1) is 0 Å². The van der Waals surface area contributed by atoms with E-state index in [-0.39, 0.29) is 10.8 Å². The summed E-state index contributed by atoms with van der Waals surface area (Å²) in [7, 11) is 3.06. The zero-order valence-corrected chi connectivity index (χ0v) is 13.7. The first-order valence-corrected chi connectivity index (χ1v) is 9.07. The van der Waals surface area contributed by atoms with Gasteiger partial charge in [0.1, 0.15) is 10.6 Å². The number of aromatic nitrogens is 1. The van der Waals surface area contributed by atoms with Crippen LogP contribution < -0.4 is 0 Å². The van der Waals surface area contributed by atoms with Crippen LogP contribution in [-0.2, 0) is 20.3 Å². The molecule has 2 rings (SSSR count). The molecule has 1 saturated heterocycles. The van der Waals surface area contributed by atoms with Crippen LogP contribution in [0.5, 0.6) is 0 Å². The zero-order chi connectivity index (χ0) is 15.6. The predicted octanol–water partition coefficient (Wildman–Crippen LogP) is 1.54. The van der Waals surface area contributed by atoms with Gasteiger partial charge in [-0.3, -0.25) is 4.79 Å². The van der Waals surface area contributed by atoms with Crippen molar-refractivity contribution in [3.63, 3.8) is 0 Å². The maximum absolute atomic E-state index is 12.5. The molecule has 0 N–H and O–H groups in total. The van der Waals surface area contributed by atoms with Crippen molar-refractivity contribution in [2.75, 3.05) is 26.8 Å². The Balaban J connectivity index is 2.31. The van der Waals surface area contributed by atoms with Crippen LogP contribution >= 0.6 is 10.7 Å². The summed E-state index contributed by atoms with van der Waals surface area (Å²) in [5.74, 6) is 0.301. The monoisotopic (exact) mass is 334 g/mol. The summed E-state index contributed by atoms with van der Waals surface area (Å²) in [4.78, 5) is 14.2. The number of likely N-dealkylation sites (tertiary alicyclic amines) is 1. The first-order valence-electron chi connectivity index (χ1n) is 6.76. The lowest BCUT2D eigenvalue weighted by molar-refractivity contribution is 0.0774. The molecule has 2 heterocycles. The number of carbonyl (C=O) groups excluding carboxylic acids is 1. The quantitative estimate of drug-likeness (QED) is 0.766. The molecule has 0 aromatic carbocycles. The summed E-state index contributed by atoms with van der Waals surface area (Å²) in [6.45, 7) is 4.25. The molecule has 6 nitrogen and oxygen atoms in total. The number of hydrogen-bond acceptors (Lipinski definition) is 4. The van der Waals surface area contributed by atoms with Crippen molar-refractivity contribution in [2.24, 2.45) is 5.92 Å². The molecule has 8 heteroatoms. The lowest BCUT2D eigenvalue weighted by atomic mass is 10.2. The van der Waals surface area contributed by atoms with Gasteiger partial charge in [0.25, 0.3) is 15.0 Å². The van der Waals surface area contributed by atoms with Crippen LogP contribution in [-0.4, -0.2) is 50.6 Å². The van der Waals surface area contributed by atoms with E-state index in [9.17, 15) is 13.2 Å². The van der Waals surface area contributed by atoms with Crippen molar-refractivity contribution in [3.8, 4) is 0 Å². The second-order valence-corrected chi connectivity index (χ2v) is 7.90. The van der Waals surface area contributed by atoms with Gasteiger partial charge in [-0.05, 0) is 18.4 Å². The standard InChI is InChI=1S/C13H19ClN2O4S/c1-10-3-4-16(8-10)13(17)12-7-11(21(14,18)19)9-15(12)5-6-20-2/h7,9-10H,3-6,8H2,1-2H3. The molecule has 1 aromatic heterocycles. The van der Waals surface area contributed by atoms with Gasteiger partial charge in [0.05, 0.1) is 6.61 Å². The third-order valence-electron chi connectivity index (χ3n) is 3.62. The Hall–Kier alpha value is -1.05. The van der Waals surface area contributed by atoms with Crippen LogP contribution in [0, 0.1) is 5.92 Å². The number of carbonyl (C=O) groups is 1. The van der Waals surface area contributed by atoms with E-state index >= 15 is 0 Å². The van der Waals surface area contributed by atoms with Crippen LogP contribution in [0.15, 0.2) is 17.2 Å². The fraction of sp³-hybridized carbons (Fsp3) is 0.615. The topological polar surface area (TPSA) is 68.6 Å². The van der Waals surface area contributed by atoms with Gasteiger partial charge >= 0.3 is 0 Å². The number of nitrogens with zero attached hydrogens (tertiary/aromatic N) is 2. The van der Waals surface area contributed by atoms with Crippen molar-refractivity contribution >= 4 is 25.6 Å². The van der Waals surface area contributed by atoms with E-state index in [2.05, 4.69) is 6.92 Å². The maximum atomic E-state index is 12.5. The second kappa shape index (κ2) is 6.37. The number of rotatable bonds is 5. The van der Waals surface area contributed by atoms with Gasteiger partial charge in [-0.1, -0.05) is 6.92 Å². The molecular formula is C13H19ClN2O4S. The molecule has 0 radical (unpaired) electrons. The molecule has 0 bridgehead atoms. The number of amides is 1. The van der Waals surface area contributed by atoms with Gasteiger partial charge in [0, 0.05) is 43.6 Å². The predicted molar refractivity (Wildman–Crippen MR) is 79.0 cm³/mol. The lowest BCUT2D eigenvalue weighted by Gasteiger charge is -2.17. The molecule has 118 valence electrons. The highest BCUT2D eigenvalue weighted by Gasteiger charge is 2.28. The molecule has 0 aliphatic carbocycles. The molecular weight excluding hydrogens is 316 g/mol. The van der Waals surface area contributed by atoms with Gasteiger partial charge in [0.15, 0.2) is 0 Å². The summed E-state index contributed by atoms with van der Waals surface area (Å²) < 4.78 is 29.5. The summed E-state index contributed by atoms with van der Waals surface area (Å²) >= 11 is 0. The molecule has 21 heavy (non-hydrogen) atoms. The average molecular weight is 335 g/mol. The minimum atomic E-state index is -3.86. The molecule has 1 aromatic rings. The Labute approximate surface area is 129 Å². The summed E-state index contributed by atoms with van der Waals surface area (Å²) in [5.41, 5.74) is 0.334. The molecule has 1 fully saturated rings. The Morgan fingerprint density at radius 3 is 2.76 bits per heavy atom. The third-order valence-corrected chi connectivity index (χ3v) is 4.94. The van der Waals surface area contributed by atoms with Gasteiger partial charge in [-0.2, -0.15) is 0 Å². The van der Waals surface area contributed by atoms with E-state index in [4.69, 9.17) is 15.4 Å². The Kier molecular flexibility index (Phi) is 4.95. The largest absolute Gasteiger partial charge is 0.383 e. The molecule has 1 aliphatic heterocycles. The first kappa shape index (κ1) is 16.3. The normalized spacial score (nSPS) is 19.2. The van der Waals surface area contributed by atoms with Gasteiger partial charge < -0.3 is 14.2 Å². The van der Waals surface area contributed by atoms with Crippen LogP contribution in [0.2, 0.25) is 0 Å². The lowest BCUT2D eigenvalue weighted by Crippen LogP contribution is -2.30. The molecule has 1 aliphatic rings. The van der Waals surface area contributed by atoms with Crippen LogP contribution in [0.25, 0.3) is 0 Å². The van der Waals surface area contributed by atoms with Crippen molar-refractivity contribution in [3.05, 3.63) is 18.0 Å². The maximum Gasteiger partial charge on any atom is 0.270 e. The van der Waals surface area contributed by atoms with Gasteiger partial charge in [-0.25, -0.2) is 8.42 Å². The fourth-order valence-corrected chi connectivity index (χ4v) is 3.21. The van der Waals surface area contributed by atoms with Crippen LogP contribution in [0.4, 0.5) is 0 Å². The highest BCUT2D eigenvalue weighted by molar-refractivity contribution is 8.13. The highest BCUT2D eigenvalue weighted by Crippen LogP contribution is 2.22. The summed E-state index contributed by atoms with van der Waals surface area (Å²) in [5, 5.41) is 0. The van der Waals surface area contributed by atoms with Crippen molar-refractivity contribution < 1.29 is 17.9 Å². The number of ether oxygens (including phenoxy) is 1. The highest BCUT2D eigenvalue weighted by atomic mass is 35.7. The molecule has 0 saturated carbocycles. The number of hydrogen-bond donors (Lipinski definition) is 0. The van der Waals surface area contributed by atoms with E-state index in [0.29, 0.717) is 37.9 Å². The van der Waals surface area contributed by atoms with E-state index in [1.165, 1.54) is 12.3 Å². The summed E-state index contributed by atoms with van der Waals surface area (Å²) in [6, 6.07) is 1.34.